The molecule has 0 unspecified atom stereocenters. The highest BCUT2D eigenvalue weighted by atomic mass is 35.5. The van der Waals surface area contributed by atoms with Gasteiger partial charge in [-0.25, -0.2) is 4.98 Å². The minimum atomic E-state index is -0.695. The van der Waals surface area contributed by atoms with E-state index in [0.29, 0.717) is 28.9 Å². The first-order valence-electron chi connectivity index (χ1n) is 6.73. The molecule has 1 aliphatic rings. The fraction of sp³-hybridized carbons (Fsp3) is 0.286. The number of nitrogens with one attached hydrogen (secondary N) is 1. The summed E-state index contributed by atoms with van der Waals surface area (Å²) in [6, 6.07) is 6.99. The zero-order chi connectivity index (χ0) is 15.7. The summed E-state index contributed by atoms with van der Waals surface area (Å²) in [6.07, 6.45) is 0.477. The average molecular weight is 337 g/mol. The summed E-state index contributed by atoms with van der Waals surface area (Å²) >= 11 is 6.95. The summed E-state index contributed by atoms with van der Waals surface area (Å²) in [5, 5.41) is 3.68. The number of aryl methyl sites for hydroxylation is 1. The minimum absolute atomic E-state index is 0.207. The van der Waals surface area contributed by atoms with Crippen LogP contribution in [0.2, 0.25) is 5.02 Å². The predicted octanol–water partition coefficient (Wildman–Crippen LogP) is 2.49. The molecular weight excluding hydrogens is 324 g/mol. The fourth-order valence-electron chi connectivity index (χ4n) is 2.34. The first-order valence-corrected chi connectivity index (χ1v) is 7.88. The number of aromatic nitrogens is 2. The van der Waals surface area contributed by atoms with Gasteiger partial charge in [0.25, 0.3) is 0 Å². The maximum absolute atomic E-state index is 12.4. The van der Waals surface area contributed by atoms with Crippen LogP contribution < -0.4 is 10.2 Å². The highest BCUT2D eigenvalue weighted by Gasteiger charge is 2.37. The molecule has 8 heteroatoms. The monoisotopic (exact) mass is 336 g/mol. The molecule has 1 aromatic carbocycles. The molecule has 1 N–H and O–H groups in total. The summed E-state index contributed by atoms with van der Waals surface area (Å²) in [5.74, 6) is -0.639. The molecule has 22 heavy (non-hydrogen) atoms. The van der Waals surface area contributed by atoms with Crippen LogP contribution in [-0.2, 0) is 9.59 Å². The maximum Gasteiger partial charge on any atom is 0.239 e. The van der Waals surface area contributed by atoms with Crippen LogP contribution in [0.4, 0.5) is 10.8 Å². The molecule has 1 saturated heterocycles. The lowest BCUT2D eigenvalue weighted by molar-refractivity contribution is -0.129. The second-order valence-corrected chi connectivity index (χ2v) is 6.13. The second-order valence-electron chi connectivity index (χ2n) is 4.94. The van der Waals surface area contributed by atoms with Crippen LogP contribution in [0, 0.1) is 12.8 Å². The van der Waals surface area contributed by atoms with Crippen LogP contribution in [0.15, 0.2) is 24.3 Å². The number of carbonyl (C=O) groups is 2. The predicted molar refractivity (Wildman–Crippen MR) is 85.2 cm³/mol. The topological polar surface area (TPSA) is 75.2 Å². The van der Waals surface area contributed by atoms with Gasteiger partial charge in [-0.1, -0.05) is 11.6 Å². The van der Waals surface area contributed by atoms with Crippen molar-refractivity contribution >= 4 is 45.8 Å². The third-order valence-corrected chi connectivity index (χ3v) is 4.39. The van der Waals surface area contributed by atoms with Gasteiger partial charge in [-0.15, -0.1) is 0 Å². The van der Waals surface area contributed by atoms with Gasteiger partial charge in [0.2, 0.25) is 16.9 Å². The molecule has 6 nitrogen and oxygen atoms in total. The number of nitrogens with zero attached hydrogens (tertiary/aromatic N) is 3. The van der Waals surface area contributed by atoms with Gasteiger partial charge >= 0.3 is 0 Å². The normalized spacial score (nSPS) is 17.8. The smallest absolute Gasteiger partial charge is 0.239 e. The minimum Gasteiger partial charge on any atom is -0.312 e. The van der Waals surface area contributed by atoms with E-state index in [1.54, 1.807) is 36.1 Å². The molecule has 114 valence electrons. The molecule has 1 aromatic heterocycles. The Morgan fingerprint density at radius 3 is 2.77 bits per heavy atom. The van der Waals surface area contributed by atoms with Crippen LogP contribution in [0.5, 0.6) is 0 Å². The molecular formula is C14H13ClN4O2S. The lowest BCUT2D eigenvalue weighted by Crippen LogP contribution is -2.33. The Morgan fingerprint density at radius 1 is 1.41 bits per heavy atom. The van der Waals surface area contributed by atoms with Crippen molar-refractivity contribution < 1.29 is 9.59 Å². The molecule has 2 amide bonds. The quantitative estimate of drug-likeness (QED) is 0.874. The zero-order valence-corrected chi connectivity index (χ0v) is 13.3. The van der Waals surface area contributed by atoms with E-state index < -0.39 is 5.92 Å². The third-order valence-electron chi connectivity index (χ3n) is 3.42. The number of hydrogen-bond acceptors (Lipinski definition) is 5. The van der Waals surface area contributed by atoms with E-state index >= 15 is 0 Å². The van der Waals surface area contributed by atoms with E-state index in [9.17, 15) is 9.59 Å². The van der Waals surface area contributed by atoms with Gasteiger partial charge in [0.1, 0.15) is 11.7 Å². The Balaban J connectivity index is 1.70. The largest absolute Gasteiger partial charge is 0.312 e. The van der Waals surface area contributed by atoms with Gasteiger partial charge in [0.15, 0.2) is 0 Å². The summed E-state index contributed by atoms with van der Waals surface area (Å²) in [7, 11) is 0. The summed E-state index contributed by atoms with van der Waals surface area (Å²) in [5.41, 5.74) is 0.747. The zero-order valence-electron chi connectivity index (χ0n) is 11.7. The van der Waals surface area contributed by atoms with Crippen molar-refractivity contribution in [1.82, 2.24) is 9.36 Å². The molecule has 1 fully saturated rings. The van der Waals surface area contributed by atoms with Gasteiger partial charge in [-0.3, -0.25) is 9.59 Å². The average Bonchev–Trinajstić information content (AvgIpc) is 3.06. The molecule has 1 aliphatic heterocycles. The first-order chi connectivity index (χ1) is 10.5. The van der Waals surface area contributed by atoms with Crippen LogP contribution in [-0.4, -0.2) is 27.7 Å². The van der Waals surface area contributed by atoms with E-state index in [2.05, 4.69) is 14.7 Å². The molecule has 1 atom stereocenters. The number of hydrogen-bond donors (Lipinski definition) is 1. The third kappa shape index (κ3) is 2.95. The van der Waals surface area contributed by atoms with Crippen LogP contribution in [0.25, 0.3) is 0 Å². The van der Waals surface area contributed by atoms with E-state index in [-0.39, 0.29) is 11.8 Å². The lowest BCUT2D eigenvalue weighted by atomic mass is 10.1. The Kier molecular flexibility index (Phi) is 4.08. The van der Waals surface area contributed by atoms with Crippen molar-refractivity contribution in [3.63, 3.8) is 0 Å². The van der Waals surface area contributed by atoms with Crippen molar-refractivity contribution in [2.75, 3.05) is 16.8 Å². The second kappa shape index (κ2) is 6.02. The SMILES string of the molecule is Cc1nsc(NC(=O)[C@H]2CCN(c3ccc(Cl)cc3)C2=O)n1. The Hall–Kier alpha value is -1.99. The molecule has 0 bridgehead atoms. The summed E-state index contributed by atoms with van der Waals surface area (Å²) in [6.45, 7) is 2.25. The van der Waals surface area contributed by atoms with Crippen molar-refractivity contribution in [1.29, 1.82) is 0 Å². The van der Waals surface area contributed by atoms with Gasteiger partial charge in [0.05, 0.1) is 0 Å². The molecule has 0 saturated carbocycles. The standard InChI is InChI=1S/C14H13ClN4O2S/c1-8-16-14(22-18-8)17-12(20)11-6-7-19(13(11)21)10-4-2-9(15)3-5-10/h2-5,11H,6-7H2,1H3,(H,16,17,18,20)/t11-/m1/s1. The first kappa shape index (κ1) is 14.9. The number of carbonyl (C=O) groups excluding carboxylic acids is 2. The molecule has 0 radical (unpaired) electrons. The molecule has 3 rings (SSSR count). The van der Waals surface area contributed by atoms with Crippen molar-refractivity contribution in [3.05, 3.63) is 35.1 Å². The summed E-state index contributed by atoms with van der Waals surface area (Å²) < 4.78 is 3.99. The highest BCUT2D eigenvalue weighted by Crippen LogP contribution is 2.27. The molecule has 2 heterocycles. The van der Waals surface area contributed by atoms with Crippen LogP contribution >= 0.6 is 23.1 Å². The van der Waals surface area contributed by atoms with E-state index in [0.717, 1.165) is 17.2 Å². The van der Waals surface area contributed by atoms with Gasteiger partial charge in [-0.2, -0.15) is 4.37 Å². The number of benzene rings is 1. The van der Waals surface area contributed by atoms with Crippen LogP contribution in [0.3, 0.4) is 0 Å². The van der Waals surface area contributed by atoms with Gasteiger partial charge in [-0.05, 0) is 37.6 Å². The van der Waals surface area contributed by atoms with E-state index in [4.69, 9.17) is 11.6 Å². The van der Waals surface area contributed by atoms with E-state index in [1.165, 1.54) is 0 Å². The van der Waals surface area contributed by atoms with Crippen LogP contribution in [0.1, 0.15) is 12.2 Å². The lowest BCUT2D eigenvalue weighted by Gasteiger charge is -2.16. The summed E-state index contributed by atoms with van der Waals surface area (Å²) in [4.78, 5) is 30.3. The van der Waals surface area contributed by atoms with E-state index in [1.807, 2.05) is 0 Å². The Morgan fingerprint density at radius 2 is 2.14 bits per heavy atom. The molecule has 0 aliphatic carbocycles. The number of halogens is 1. The molecule has 0 spiro atoms. The number of anilines is 2. The highest BCUT2D eigenvalue weighted by molar-refractivity contribution is 7.09. The maximum atomic E-state index is 12.4. The van der Waals surface area contributed by atoms with Gasteiger partial charge in [0, 0.05) is 28.8 Å². The Bertz CT molecular complexity index is 716. The van der Waals surface area contributed by atoms with Crippen molar-refractivity contribution in [2.24, 2.45) is 5.92 Å². The number of amides is 2. The fourth-order valence-corrected chi connectivity index (χ4v) is 3.05. The Labute approximate surface area is 136 Å². The number of rotatable bonds is 3. The molecule has 2 aromatic rings. The van der Waals surface area contributed by atoms with Crippen molar-refractivity contribution in [2.45, 2.75) is 13.3 Å². The van der Waals surface area contributed by atoms with Crippen molar-refractivity contribution in [3.8, 4) is 0 Å². The van der Waals surface area contributed by atoms with Gasteiger partial charge < -0.3 is 10.2 Å².